The average Bonchev–Trinajstić information content (AvgIpc) is 1.31. The third kappa shape index (κ3) is 9.18. The first-order chi connectivity index (χ1) is 2.94. The minimum atomic E-state index is -2.15. The summed E-state index contributed by atoms with van der Waals surface area (Å²) in [6, 6.07) is -1.37. The van der Waals surface area contributed by atoms with Gasteiger partial charge in [0.25, 0.3) is 6.05 Å². The smallest absolute Gasteiger partial charge is 0.285 e. The predicted molar refractivity (Wildman–Crippen MR) is 28.8 cm³/mol. The van der Waals surface area contributed by atoms with Crippen LogP contribution in [-0.4, -0.2) is 8.07 Å². The molecule has 0 heterocycles. The predicted octanol–water partition coefficient (Wildman–Crippen LogP) is -0.706. The summed E-state index contributed by atoms with van der Waals surface area (Å²) in [6.45, 7) is 4.84. The maximum atomic E-state index is 11.5. The van der Waals surface area contributed by atoms with Gasteiger partial charge in [0.2, 0.25) is 0 Å². The van der Waals surface area contributed by atoms with Crippen molar-refractivity contribution in [3.8, 4) is 0 Å². The SMILES string of the molecule is C[Si](C)(C)[C](F)F.[Br-].[Zn]. The Bertz CT molecular complexity index is 64.1. The van der Waals surface area contributed by atoms with Crippen LogP contribution in [0.4, 0.5) is 8.78 Å². The molecule has 1 radical (unpaired) electrons. The van der Waals surface area contributed by atoms with Gasteiger partial charge in [-0.05, 0) is 0 Å². The molecule has 0 bridgehead atoms. The maximum Gasteiger partial charge on any atom is 0.285 e. The van der Waals surface area contributed by atoms with Gasteiger partial charge < -0.3 is 17.0 Å². The summed E-state index contributed by atoms with van der Waals surface area (Å²) in [7, 11) is -2.15. The molecular formula is C4H9BrF2SiZn-. The number of hydrogen-bond acceptors (Lipinski definition) is 0. The molecule has 0 saturated carbocycles. The summed E-state index contributed by atoms with van der Waals surface area (Å²) >= 11 is 0. The molecule has 0 saturated heterocycles. The van der Waals surface area contributed by atoms with Crippen LogP contribution in [0.1, 0.15) is 0 Å². The van der Waals surface area contributed by atoms with E-state index in [1.165, 1.54) is 0 Å². The third-order valence-corrected chi connectivity index (χ3v) is 1.70. The molecule has 0 spiro atoms. The second-order valence-electron chi connectivity index (χ2n) is 2.51. The van der Waals surface area contributed by atoms with Crippen molar-refractivity contribution in [1.82, 2.24) is 0 Å². The minimum Gasteiger partial charge on any atom is -1.00 e. The van der Waals surface area contributed by atoms with E-state index < -0.39 is 14.1 Å². The van der Waals surface area contributed by atoms with Crippen molar-refractivity contribution in [2.75, 3.05) is 0 Å². The van der Waals surface area contributed by atoms with Crippen LogP contribution in [0.3, 0.4) is 0 Å². The zero-order valence-corrected chi connectivity index (χ0v) is 11.4. The van der Waals surface area contributed by atoms with Gasteiger partial charge in [0, 0.05) is 19.5 Å². The summed E-state index contributed by atoms with van der Waals surface area (Å²) < 4.78 is 23.0. The molecule has 0 aromatic rings. The van der Waals surface area contributed by atoms with E-state index in [-0.39, 0.29) is 36.5 Å². The fraction of sp³-hybridized carbons (Fsp3) is 0.750. The van der Waals surface area contributed by atoms with Gasteiger partial charge in [0.15, 0.2) is 0 Å². The van der Waals surface area contributed by atoms with Crippen molar-refractivity contribution in [2.45, 2.75) is 19.6 Å². The van der Waals surface area contributed by atoms with Gasteiger partial charge in [0.1, 0.15) is 8.07 Å². The normalized spacial score (nSPS) is 10.0. The molecule has 0 N–H and O–H groups in total. The fourth-order valence-electron chi connectivity index (χ4n) is 0. The summed E-state index contributed by atoms with van der Waals surface area (Å²) in [4.78, 5) is 0. The molecule has 0 aromatic heterocycles. The largest absolute Gasteiger partial charge is 1.00 e. The molecule has 0 fully saturated rings. The standard InChI is InChI=1S/C4H9F2Si.BrH.Zn/c1-7(2,3)4(5)6;;/h1-3H3;1H;/p-1. The van der Waals surface area contributed by atoms with Crippen LogP contribution in [0.2, 0.25) is 19.6 Å². The first-order valence-electron chi connectivity index (χ1n) is 2.13. The first-order valence-corrected chi connectivity index (χ1v) is 5.63. The van der Waals surface area contributed by atoms with Crippen molar-refractivity contribution in [3.05, 3.63) is 6.05 Å². The molecule has 5 heteroatoms. The Morgan fingerprint density at radius 2 is 1.22 bits per heavy atom. The van der Waals surface area contributed by atoms with E-state index in [2.05, 4.69) is 0 Å². The van der Waals surface area contributed by atoms with E-state index in [4.69, 9.17) is 0 Å². The van der Waals surface area contributed by atoms with E-state index >= 15 is 0 Å². The quantitative estimate of drug-likeness (QED) is 0.552. The molecule has 0 rings (SSSR count). The number of hydrogen-bond donors (Lipinski definition) is 0. The van der Waals surface area contributed by atoms with Gasteiger partial charge in [-0.15, -0.1) is 0 Å². The van der Waals surface area contributed by atoms with Crippen molar-refractivity contribution in [1.29, 1.82) is 0 Å². The first kappa shape index (κ1) is 16.6. The fourth-order valence-corrected chi connectivity index (χ4v) is 0. The van der Waals surface area contributed by atoms with Gasteiger partial charge in [0.05, 0.1) is 0 Å². The number of halogens is 3. The van der Waals surface area contributed by atoms with E-state index in [1.807, 2.05) is 0 Å². The Labute approximate surface area is 78.9 Å². The Hall–Kier alpha value is 1.18. The average molecular weight is 268 g/mol. The van der Waals surface area contributed by atoms with Crippen molar-refractivity contribution in [3.63, 3.8) is 0 Å². The topological polar surface area (TPSA) is 0 Å². The Balaban J connectivity index is -0.000000180. The minimum absolute atomic E-state index is 0. The van der Waals surface area contributed by atoms with Crippen molar-refractivity contribution >= 4 is 8.07 Å². The van der Waals surface area contributed by atoms with E-state index in [9.17, 15) is 8.78 Å². The Morgan fingerprint density at radius 1 is 1.11 bits per heavy atom. The number of rotatable bonds is 1. The van der Waals surface area contributed by atoms with E-state index in [1.54, 1.807) is 19.6 Å². The molecule has 0 atom stereocenters. The van der Waals surface area contributed by atoms with Crippen LogP contribution in [0, 0.1) is 6.05 Å². The molecule has 9 heavy (non-hydrogen) atoms. The molecule has 0 aliphatic carbocycles. The van der Waals surface area contributed by atoms with Crippen LogP contribution < -0.4 is 17.0 Å². The van der Waals surface area contributed by atoms with Crippen LogP contribution in [0.25, 0.3) is 0 Å². The van der Waals surface area contributed by atoms with Crippen LogP contribution in [0.5, 0.6) is 0 Å². The second kappa shape index (κ2) is 5.93. The molecular weight excluding hydrogens is 259 g/mol. The van der Waals surface area contributed by atoms with Crippen LogP contribution in [0.15, 0.2) is 0 Å². The van der Waals surface area contributed by atoms with Gasteiger partial charge in [-0.25, -0.2) is 8.78 Å². The van der Waals surface area contributed by atoms with Gasteiger partial charge in [-0.2, -0.15) is 0 Å². The Kier molecular flexibility index (Phi) is 11.0. The van der Waals surface area contributed by atoms with Crippen LogP contribution in [-0.2, 0) is 19.5 Å². The molecule has 0 aromatic carbocycles. The summed E-state index contributed by atoms with van der Waals surface area (Å²) in [5, 5.41) is 0. The van der Waals surface area contributed by atoms with E-state index in [0.717, 1.165) is 0 Å². The summed E-state index contributed by atoms with van der Waals surface area (Å²) in [5.74, 6) is 0. The molecule has 0 amide bonds. The zero-order valence-electron chi connectivity index (χ0n) is 5.84. The van der Waals surface area contributed by atoms with Gasteiger partial charge in [-0.3, -0.25) is 0 Å². The molecule has 53 valence electrons. The van der Waals surface area contributed by atoms with Crippen LogP contribution >= 0.6 is 0 Å². The summed E-state index contributed by atoms with van der Waals surface area (Å²) in [6.07, 6.45) is 0. The molecule has 0 aliphatic rings. The maximum absolute atomic E-state index is 11.5. The second-order valence-corrected chi connectivity index (χ2v) is 7.39. The monoisotopic (exact) mass is 266 g/mol. The zero-order chi connectivity index (χ0) is 6.08. The Morgan fingerprint density at radius 3 is 1.22 bits per heavy atom. The van der Waals surface area contributed by atoms with Gasteiger partial charge >= 0.3 is 0 Å². The molecule has 0 aliphatic heterocycles. The molecule has 0 unspecified atom stereocenters. The van der Waals surface area contributed by atoms with Gasteiger partial charge in [-0.1, -0.05) is 19.6 Å². The summed E-state index contributed by atoms with van der Waals surface area (Å²) in [5.41, 5.74) is 0. The van der Waals surface area contributed by atoms with Crippen molar-refractivity contribution in [2.24, 2.45) is 0 Å². The molecule has 0 nitrogen and oxygen atoms in total. The van der Waals surface area contributed by atoms with E-state index in [0.29, 0.717) is 0 Å². The third-order valence-electron chi connectivity index (χ3n) is 0.567. The van der Waals surface area contributed by atoms with Crippen molar-refractivity contribution < 1.29 is 45.2 Å².